The van der Waals surface area contributed by atoms with E-state index in [1.807, 2.05) is 52.0 Å². The molecule has 0 atom stereocenters. The van der Waals surface area contributed by atoms with E-state index >= 15 is 0 Å². The summed E-state index contributed by atoms with van der Waals surface area (Å²) in [5.74, 6) is 1.52. The topological polar surface area (TPSA) is 60.7 Å². The van der Waals surface area contributed by atoms with Gasteiger partial charge in [0.25, 0.3) is 0 Å². The standard InChI is InChI=1S/C29H37NO4/c1-6-9-10-11-16-30-27(31)17-20(4)24-18-25-26(22-12-14-23(15-13-22)32-7-2)19-34-29(25)21(5)28(24)33-8-3/h12-15,17-19H,6-11,16H2,1-5H3,(H,30,31)/b20-17+. The monoisotopic (exact) mass is 463 g/mol. The first-order valence-corrected chi connectivity index (χ1v) is 12.4. The number of furan rings is 1. The number of nitrogens with one attached hydrogen (secondary N) is 1. The van der Waals surface area contributed by atoms with Crippen LogP contribution in [0.15, 0.2) is 47.1 Å². The third-order valence-corrected chi connectivity index (χ3v) is 5.91. The minimum absolute atomic E-state index is 0.0758. The van der Waals surface area contributed by atoms with Crippen molar-refractivity contribution in [3.05, 3.63) is 53.8 Å². The highest BCUT2D eigenvalue weighted by Crippen LogP contribution is 2.41. The van der Waals surface area contributed by atoms with Crippen molar-refractivity contribution in [2.75, 3.05) is 19.8 Å². The summed E-state index contributed by atoms with van der Waals surface area (Å²) in [4.78, 5) is 12.5. The van der Waals surface area contributed by atoms with Crippen LogP contribution < -0.4 is 14.8 Å². The highest BCUT2D eigenvalue weighted by atomic mass is 16.5. The van der Waals surface area contributed by atoms with Crippen molar-refractivity contribution in [3.8, 4) is 22.6 Å². The maximum Gasteiger partial charge on any atom is 0.244 e. The van der Waals surface area contributed by atoms with Gasteiger partial charge in [0.05, 0.1) is 19.5 Å². The number of ether oxygens (including phenoxy) is 2. The molecule has 0 aliphatic rings. The van der Waals surface area contributed by atoms with Crippen molar-refractivity contribution in [2.24, 2.45) is 0 Å². The molecule has 0 aliphatic carbocycles. The van der Waals surface area contributed by atoms with Gasteiger partial charge in [-0.3, -0.25) is 4.79 Å². The second-order valence-electron chi connectivity index (χ2n) is 8.47. The normalized spacial score (nSPS) is 11.6. The molecule has 2 aromatic carbocycles. The van der Waals surface area contributed by atoms with E-state index in [-0.39, 0.29) is 5.91 Å². The fourth-order valence-corrected chi connectivity index (χ4v) is 4.15. The van der Waals surface area contributed by atoms with Gasteiger partial charge < -0.3 is 19.2 Å². The Morgan fingerprint density at radius 3 is 2.44 bits per heavy atom. The fraction of sp³-hybridized carbons (Fsp3) is 0.414. The van der Waals surface area contributed by atoms with Gasteiger partial charge >= 0.3 is 0 Å². The molecule has 0 aliphatic heterocycles. The van der Waals surface area contributed by atoms with Gasteiger partial charge in [-0.1, -0.05) is 38.3 Å². The fourth-order valence-electron chi connectivity index (χ4n) is 4.15. The first kappa shape index (κ1) is 25.4. The highest BCUT2D eigenvalue weighted by molar-refractivity contribution is 6.01. The second-order valence-corrected chi connectivity index (χ2v) is 8.47. The number of hydrogen-bond acceptors (Lipinski definition) is 4. The average molecular weight is 464 g/mol. The molecule has 5 heteroatoms. The zero-order valence-electron chi connectivity index (χ0n) is 21.1. The lowest BCUT2D eigenvalue weighted by Gasteiger charge is -2.15. The Morgan fingerprint density at radius 2 is 1.76 bits per heavy atom. The molecule has 0 saturated carbocycles. The number of rotatable bonds is 12. The van der Waals surface area contributed by atoms with Crippen molar-refractivity contribution >= 4 is 22.4 Å². The highest BCUT2D eigenvalue weighted by Gasteiger charge is 2.19. The lowest BCUT2D eigenvalue weighted by Crippen LogP contribution is -2.22. The van der Waals surface area contributed by atoms with E-state index in [4.69, 9.17) is 13.9 Å². The molecule has 1 aromatic heterocycles. The number of unbranched alkanes of at least 4 members (excludes halogenated alkanes) is 3. The summed E-state index contributed by atoms with van der Waals surface area (Å²) < 4.78 is 17.6. The molecule has 182 valence electrons. The number of carbonyl (C=O) groups is 1. The summed E-state index contributed by atoms with van der Waals surface area (Å²) in [6, 6.07) is 10.1. The van der Waals surface area contributed by atoms with Gasteiger partial charge in [0.2, 0.25) is 5.91 Å². The second kappa shape index (κ2) is 12.3. The smallest absolute Gasteiger partial charge is 0.244 e. The van der Waals surface area contributed by atoms with Crippen molar-refractivity contribution < 1.29 is 18.7 Å². The van der Waals surface area contributed by atoms with Gasteiger partial charge in [0.15, 0.2) is 0 Å². The molecule has 0 saturated heterocycles. The number of amides is 1. The summed E-state index contributed by atoms with van der Waals surface area (Å²) in [6.07, 6.45) is 7.97. The van der Waals surface area contributed by atoms with E-state index < -0.39 is 0 Å². The van der Waals surface area contributed by atoms with Crippen LogP contribution in [0.5, 0.6) is 11.5 Å². The Hall–Kier alpha value is -3.21. The van der Waals surface area contributed by atoms with E-state index in [2.05, 4.69) is 18.3 Å². The predicted molar refractivity (Wildman–Crippen MR) is 140 cm³/mol. The van der Waals surface area contributed by atoms with Crippen LogP contribution >= 0.6 is 0 Å². The third-order valence-electron chi connectivity index (χ3n) is 5.91. The molecule has 3 rings (SSSR count). The summed E-state index contributed by atoms with van der Waals surface area (Å²) >= 11 is 0. The van der Waals surface area contributed by atoms with Crippen LogP contribution in [0.2, 0.25) is 0 Å². The minimum Gasteiger partial charge on any atom is -0.494 e. The molecule has 0 radical (unpaired) electrons. The third kappa shape index (κ3) is 6.02. The SMILES string of the molecule is CCCCCCNC(=O)/C=C(\C)c1cc2c(-c3ccc(OCC)cc3)coc2c(C)c1OCC. The first-order chi connectivity index (χ1) is 16.5. The van der Waals surface area contributed by atoms with E-state index in [0.29, 0.717) is 19.8 Å². The predicted octanol–water partition coefficient (Wildman–Crippen LogP) is 7.31. The van der Waals surface area contributed by atoms with E-state index in [1.165, 1.54) is 12.8 Å². The van der Waals surface area contributed by atoms with Gasteiger partial charge in [0, 0.05) is 34.7 Å². The lowest BCUT2D eigenvalue weighted by molar-refractivity contribution is -0.116. The summed E-state index contributed by atoms with van der Waals surface area (Å²) in [7, 11) is 0. The van der Waals surface area contributed by atoms with Gasteiger partial charge in [-0.15, -0.1) is 0 Å². The summed E-state index contributed by atoms with van der Waals surface area (Å²) in [5, 5.41) is 4.00. The number of allylic oxidation sites excluding steroid dienone is 1. The number of hydrogen-bond donors (Lipinski definition) is 1. The Balaban J connectivity index is 1.95. The number of fused-ring (bicyclic) bond motifs is 1. The molecular weight excluding hydrogens is 426 g/mol. The van der Waals surface area contributed by atoms with Crippen LogP contribution in [-0.4, -0.2) is 25.7 Å². The zero-order valence-corrected chi connectivity index (χ0v) is 21.1. The van der Waals surface area contributed by atoms with Crippen molar-refractivity contribution in [1.29, 1.82) is 0 Å². The maximum atomic E-state index is 12.5. The molecule has 34 heavy (non-hydrogen) atoms. The van der Waals surface area contributed by atoms with Crippen LogP contribution in [0.4, 0.5) is 0 Å². The van der Waals surface area contributed by atoms with Crippen LogP contribution in [0.1, 0.15) is 64.5 Å². The van der Waals surface area contributed by atoms with E-state index in [0.717, 1.165) is 63.1 Å². The Bertz CT molecular complexity index is 1130. The average Bonchev–Trinajstić information content (AvgIpc) is 3.25. The molecule has 0 bridgehead atoms. The maximum absolute atomic E-state index is 12.5. The molecule has 0 unspecified atom stereocenters. The minimum atomic E-state index is -0.0758. The van der Waals surface area contributed by atoms with Gasteiger partial charge in [-0.2, -0.15) is 0 Å². The molecule has 1 N–H and O–H groups in total. The molecule has 3 aromatic rings. The first-order valence-electron chi connectivity index (χ1n) is 12.4. The van der Waals surface area contributed by atoms with E-state index in [1.54, 1.807) is 12.3 Å². The molecule has 5 nitrogen and oxygen atoms in total. The van der Waals surface area contributed by atoms with Gasteiger partial charge in [-0.05, 0) is 63.5 Å². The Kier molecular flexibility index (Phi) is 9.20. The summed E-state index contributed by atoms with van der Waals surface area (Å²) in [5.41, 5.74) is 5.53. The largest absolute Gasteiger partial charge is 0.494 e. The van der Waals surface area contributed by atoms with Crippen LogP contribution in [0, 0.1) is 6.92 Å². The molecular formula is C29H37NO4. The molecule has 0 spiro atoms. The number of aryl methyl sites for hydroxylation is 1. The molecule has 1 amide bonds. The summed E-state index contributed by atoms with van der Waals surface area (Å²) in [6.45, 7) is 11.9. The van der Waals surface area contributed by atoms with Crippen LogP contribution in [0.25, 0.3) is 27.7 Å². The number of benzene rings is 2. The van der Waals surface area contributed by atoms with Crippen molar-refractivity contribution in [2.45, 2.75) is 60.3 Å². The van der Waals surface area contributed by atoms with Gasteiger partial charge in [0.1, 0.15) is 17.1 Å². The molecule has 0 fully saturated rings. The lowest BCUT2D eigenvalue weighted by atomic mass is 9.96. The Morgan fingerprint density at radius 1 is 1.03 bits per heavy atom. The van der Waals surface area contributed by atoms with Crippen LogP contribution in [0.3, 0.4) is 0 Å². The number of carbonyl (C=O) groups excluding carboxylic acids is 1. The van der Waals surface area contributed by atoms with Crippen molar-refractivity contribution in [1.82, 2.24) is 5.32 Å². The van der Waals surface area contributed by atoms with Gasteiger partial charge in [-0.25, -0.2) is 0 Å². The van der Waals surface area contributed by atoms with E-state index in [9.17, 15) is 4.79 Å². The zero-order chi connectivity index (χ0) is 24.5. The van der Waals surface area contributed by atoms with Crippen molar-refractivity contribution in [3.63, 3.8) is 0 Å². The molecule has 1 heterocycles. The van der Waals surface area contributed by atoms with Crippen LogP contribution in [-0.2, 0) is 4.79 Å². The Labute approximate surface area is 203 Å². The quantitative estimate of drug-likeness (QED) is 0.226.